The van der Waals surface area contributed by atoms with Crippen LogP contribution in [0.1, 0.15) is 41.5 Å². The maximum absolute atomic E-state index is 12.0. The van der Waals surface area contributed by atoms with E-state index in [9.17, 15) is 4.79 Å². The molecular weight excluding hydrogens is 176 g/mol. The molecule has 0 aliphatic heterocycles. The van der Waals surface area contributed by atoms with Gasteiger partial charge in [-0.3, -0.25) is 0 Å². The Morgan fingerprint density at radius 1 is 0.857 bits per heavy atom. The number of urea groups is 1. The Hall–Kier alpha value is -0.730. The summed E-state index contributed by atoms with van der Waals surface area (Å²) in [6.07, 6.45) is 0. The maximum atomic E-state index is 12.0. The summed E-state index contributed by atoms with van der Waals surface area (Å²) in [5, 5.41) is 0. The van der Waals surface area contributed by atoms with Gasteiger partial charge in [0, 0.05) is 25.2 Å². The standard InChI is InChI=1S/C11H24N2O/c1-10(2,3)13(11(4,5)6)9(14)12(7)8/h1-8H3. The van der Waals surface area contributed by atoms with Crippen LogP contribution in [0.25, 0.3) is 0 Å². The first-order chi connectivity index (χ1) is 5.98. The molecule has 0 fully saturated rings. The highest BCUT2D eigenvalue weighted by Crippen LogP contribution is 2.25. The van der Waals surface area contributed by atoms with Crippen molar-refractivity contribution < 1.29 is 4.79 Å². The first-order valence-electron chi connectivity index (χ1n) is 4.99. The molecule has 0 atom stereocenters. The Morgan fingerprint density at radius 2 is 1.14 bits per heavy atom. The van der Waals surface area contributed by atoms with Crippen LogP contribution in [0.5, 0.6) is 0 Å². The molecule has 0 N–H and O–H groups in total. The Morgan fingerprint density at radius 3 is 1.21 bits per heavy atom. The van der Waals surface area contributed by atoms with Gasteiger partial charge in [-0.2, -0.15) is 0 Å². The first-order valence-corrected chi connectivity index (χ1v) is 4.99. The average molecular weight is 200 g/mol. The van der Waals surface area contributed by atoms with Crippen molar-refractivity contribution in [2.24, 2.45) is 0 Å². The van der Waals surface area contributed by atoms with Crippen LogP contribution in [0.2, 0.25) is 0 Å². The van der Waals surface area contributed by atoms with Gasteiger partial charge in [-0.15, -0.1) is 0 Å². The third-order valence-electron chi connectivity index (χ3n) is 1.92. The van der Waals surface area contributed by atoms with Crippen molar-refractivity contribution in [3.05, 3.63) is 0 Å². The van der Waals surface area contributed by atoms with Gasteiger partial charge in [-0.25, -0.2) is 4.79 Å². The predicted octanol–water partition coefficient (Wildman–Crippen LogP) is 2.57. The summed E-state index contributed by atoms with van der Waals surface area (Å²) < 4.78 is 0. The van der Waals surface area contributed by atoms with Crippen molar-refractivity contribution in [2.45, 2.75) is 52.6 Å². The maximum Gasteiger partial charge on any atom is 0.320 e. The Labute approximate surface area is 88.1 Å². The molecule has 0 aliphatic rings. The molecule has 0 aromatic carbocycles. The number of hydrogen-bond donors (Lipinski definition) is 0. The van der Waals surface area contributed by atoms with Gasteiger partial charge in [0.25, 0.3) is 0 Å². The lowest BCUT2D eigenvalue weighted by Gasteiger charge is -2.46. The topological polar surface area (TPSA) is 23.6 Å². The Kier molecular flexibility index (Phi) is 3.60. The van der Waals surface area contributed by atoms with Gasteiger partial charge in [0.2, 0.25) is 0 Å². The number of carbonyl (C=O) groups is 1. The minimum atomic E-state index is -0.153. The molecule has 0 saturated heterocycles. The molecule has 0 aromatic rings. The third kappa shape index (κ3) is 3.20. The van der Waals surface area contributed by atoms with Gasteiger partial charge in [-0.1, -0.05) is 0 Å². The first kappa shape index (κ1) is 13.3. The summed E-state index contributed by atoms with van der Waals surface area (Å²) in [5.74, 6) is 0. The molecule has 0 aliphatic carbocycles. The van der Waals surface area contributed by atoms with Crippen LogP contribution in [0, 0.1) is 0 Å². The molecule has 0 bridgehead atoms. The molecule has 0 spiro atoms. The second-order valence-electron chi connectivity index (χ2n) is 5.85. The summed E-state index contributed by atoms with van der Waals surface area (Å²) >= 11 is 0. The van der Waals surface area contributed by atoms with Crippen LogP contribution in [0.3, 0.4) is 0 Å². The van der Waals surface area contributed by atoms with E-state index >= 15 is 0 Å². The zero-order valence-electron chi connectivity index (χ0n) is 10.8. The van der Waals surface area contributed by atoms with Gasteiger partial charge < -0.3 is 9.80 Å². The predicted molar refractivity (Wildman–Crippen MR) is 60.4 cm³/mol. The van der Waals surface area contributed by atoms with Crippen molar-refractivity contribution in [1.82, 2.24) is 9.80 Å². The summed E-state index contributed by atoms with van der Waals surface area (Å²) in [7, 11) is 3.57. The highest BCUT2D eigenvalue weighted by Gasteiger charge is 2.36. The molecule has 0 aromatic heterocycles. The molecule has 0 unspecified atom stereocenters. The van der Waals surface area contributed by atoms with E-state index in [-0.39, 0.29) is 17.1 Å². The van der Waals surface area contributed by atoms with Gasteiger partial charge in [0.1, 0.15) is 0 Å². The average Bonchev–Trinajstić information content (AvgIpc) is 1.79. The molecule has 3 nitrogen and oxygen atoms in total. The van der Waals surface area contributed by atoms with E-state index in [1.165, 1.54) is 0 Å². The molecule has 3 heteroatoms. The minimum Gasteiger partial charge on any atom is -0.331 e. The Balaban J connectivity index is 5.05. The minimum absolute atomic E-state index is 0.0602. The van der Waals surface area contributed by atoms with Crippen molar-refractivity contribution >= 4 is 6.03 Å². The molecule has 2 amide bonds. The van der Waals surface area contributed by atoms with E-state index < -0.39 is 0 Å². The molecule has 0 rings (SSSR count). The molecule has 0 saturated carbocycles. The van der Waals surface area contributed by atoms with E-state index in [1.54, 1.807) is 19.0 Å². The van der Waals surface area contributed by atoms with Crippen molar-refractivity contribution in [2.75, 3.05) is 14.1 Å². The number of carbonyl (C=O) groups excluding carboxylic acids is 1. The van der Waals surface area contributed by atoms with E-state index in [0.29, 0.717) is 0 Å². The molecule has 0 radical (unpaired) electrons. The summed E-state index contributed by atoms with van der Waals surface area (Å²) in [6, 6.07) is 0.0602. The molecule has 14 heavy (non-hydrogen) atoms. The van der Waals surface area contributed by atoms with Crippen molar-refractivity contribution in [3.8, 4) is 0 Å². The monoisotopic (exact) mass is 200 g/mol. The van der Waals surface area contributed by atoms with Crippen LogP contribution < -0.4 is 0 Å². The molecular formula is C11H24N2O. The van der Waals surface area contributed by atoms with E-state index in [1.807, 2.05) is 4.90 Å². The fourth-order valence-corrected chi connectivity index (χ4v) is 1.78. The molecule has 84 valence electrons. The Bertz CT molecular complexity index is 194. The van der Waals surface area contributed by atoms with Crippen molar-refractivity contribution in [1.29, 1.82) is 0 Å². The van der Waals surface area contributed by atoms with E-state index in [4.69, 9.17) is 0 Å². The quantitative estimate of drug-likeness (QED) is 0.589. The third-order valence-corrected chi connectivity index (χ3v) is 1.92. The van der Waals surface area contributed by atoms with Crippen molar-refractivity contribution in [3.63, 3.8) is 0 Å². The lowest BCUT2D eigenvalue weighted by atomic mass is 9.96. The largest absolute Gasteiger partial charge is 0.331 e. The zero-order chi connectivity index (χ0) is 11.7. The van der Waals surface area contributed by atoms with E-state index in [0.717, 1.165) is 0 Å². The number of hydrogen-bond acceptors (Lipinski definition) is 1. The summed E-state index contributed by atoms with van der Waals surface area (Å²) in [4.78, 5) is 15.5. The van der Waals surface area contributed by atoms with E-state index in [2.05, 4.69) is 41.5 Å². The zero-order valence-corrected chi connectivity index (χ0v) is 10.8. The second-order valence-corrected chi connectivity index (χ2v) is 5.85. The fraction of sp³-hybridized carbons (Fsp3) is 0.909. The van der Waals surface area contributed by atoms with Crippen LogP contribution in [0.15, 0.2) is 0 Å². The fourth-order valence-electron chi connectivity index (χ4n) is 1.78. The van der Waals surface area contributed by atoms with Crippen LogP contribution in [0.4, 0.5) is 4.79 Å². The van der Waals surface area contributed by atoms with Crippen LogP contribution in [-0.4, -0.2) is 41.0 Å². The normalized spacial score (nSPS) is 12.6. The second kappa shape index (κ2) is 3.79. The smallest absolute Gasteiger partial charge is 0.320 e. The number of amides is 2. The van der Waals surface area contributed by atoms with Gasteiger partial charge >= 0.3 is 6.03 Å². The molecule has 0 heterocycles. The van der Waals surface area contributed by atoms with Gasteiger partial charge in [-0.05, 0) is 41.5 Å². The number of rotatable bonds is 0. The number of nitrogens with zero attached hydrogens (tertiary/aromatic N) is 2. The lowest BCUT2D eigenvalue weighted by Crippen LogP contribution is -2.58. The van der Waals surface area contributed by atoms with Gasteiger partial charge in [0.05, 0.1) is 0 Å². The van der Waals surface area contributed by atoms with Crippen LogP contribution in [-0.2, 0) is 0 Å². The SMILES string of the molecule is CN(C)C(=O)N(C(C)(C)C)C(C)(C)C. The van der Waals surface area contributed by atoms with Gasteiger partial charge in [0.15, 0.2) is 0 Å². The van der Waals surface area contributed by atoms with Crippen LogP contribution >= 0.6 is 0 Å². The highest BCUT2D eigenvalue weighted by molar-refractivity contribution is 5.75. The lowest BCUT2D eigenvalue weighted by molar-refractivity contribution is 0.0583. The summed E-state index contributed by atoms with van der Waals surface area (Å²) in [5.41, 5.74) is -0.306. The summed E-state index contributed by atoms with van der Waals surface area (Å²) in [6.45, 7) is 12.3. The highest BCUT2D eigenvalue weighted by atomic mass is 16.2.